The minimum atomic E-state index is -0.462. The summed E-state index contributed by atoms with van der Waals surface area (Å²) in [5.74, 6) is -0.453. The van der Waals surface area contributed by atoms with Crippen LogP contribution in [0.3, 0.4) is 0 Å². The zero-order valence-corrected chi connectivity index (χ0v) is 17.9. The number of hydrogen-bond donors (Lipinski definition) is 2. The molecule has 0 aliphatic rings. The fourth-order valence-corrected chi connectivity index (χ4v) is 2.97. The van der Waals surface area contributed by atoms with Gasteiger partial charge in [-0.25, -0.2) is 5.43 Å². The highest BCUT2D eigenvalue weighted by Gasteiger charge is 2.12. The molecular weight excluding hydrogens is 399 g/mol. The van der Waals surface area contributed by atoms with E-state index in [0.717, 1.165) is 22.6 Å². The van der Waals surface area contributed by atoms with Gasteiger partial charge in [-0.1, -0.05) is 37.0 Å². The number of carbonyl (C=O) groups excluding carboxylic acids is 2. The lowest BCUT2D eigenvalue weighted by atomic mass is 10.2. The molecular formula is C20H24Cl2N4O2. The highest BCUT2D eigenvalue weighted by atomic mass is 35.5. The maximum atomic E-state index is 11.8. The molecule has 0 radical (unpaired) electrons. The summed E-state index contributed by atoms with van der Waals surface area (Å²) in [6.07, 6.45) is 1.30. The molecule has 6 nitrogen and oxygen atoms in total. The molecule has 0 aliphatic carbocycles. The van der Waals surface area contributed by atoms with Gasteiger partial charge in [0.2, 0.25) is 11.8 Å². The Morgan fingerprint density at radius 2 is 1.86 bits per heavy atom. The second kappa shape index (κ2) is 9.75. The molecule has 0 saturated heterocycles. The Labute approximate surface area is 174 Å². The minimum absolute atomic E-state index is 0.258. The lowest BCUT2D eigenvalue weighted by molar-refractivity contribution is -0.129. The number of nitrogens with zero attached hydrogens (tertiary/aromatic N) is 2. The largest absolute Gasteiger partial charge is 0.355 e. The maximum Gasteiger partial charge on any atom is 0.249 e. The standard InChI is InChI=1S/C20H24Cl2N4O2/c1-12(2)10-23-19(27)9-20(28)25-24-11-15-7-13(3)26(14(15)4)16-5-6-17(21)18(22)8-16/h5-8,11-12H,9-10H2,1-4H3,(H,23,27)(H,25,28)/b24-11+. The van der Waals surface area contributed by atoms with Crippen LogP contribution >= 0.6 is 23.2 Å². The van der Waals surface area contributed by atoms with E-state index in [1.165, 1.54) is 0 Å². The van der Waals surface area contributed by atoms with Gasteiger partial charge < -0.3 is 9.88 Å². The van der Waals surface area contributed by atoms with Crippen molar-refractivity contribution >= 4 is 41.2 Å². The second-order valence-corrected chi connectivity index (χ2v) is 7.74. The third kappa shape index (κ3) is 5.84. The van der Waals surface area contributed by atoms with Gasteiger partial charge in [0.15, 0.2) is 0 Å². The summed E-state index contributed by atoms with van der Waals surface area (Å²) in [5.41, 5.74) is 6.03. The van der Waals surface area contributed by atoms with Crippen LogP contribution < -0.4 is 10.7 Å². The van der Waals surface area contributed by atoms with E-state index >= 15 is 0 Å². The van der Waals surface area contributed by atoms with Crippen molar-refractivity contribution in [2.45, 2.75) is 34.1 Å². The van der Waals surface area contributed by atoms with Crippen LogP contribution in [0.25, 0.3) is 5.69 Å². The van der Waals surface area contributed by atoms with Crippen molar-refractivity contribution in [2.24, 2.45) is 11.0 Å². The quantitative estimate of drug-likeness (QED) is 0.401. The summed E-state index contributed by atoms with van der Waals surface area (Å²) in [7, 11) is 0. The van der Waals surface area contributed by atoms with E-state index in [0.29, 0.717) is 22.5 Å². The van der Waals surface area contributed by atoms with E-state index in [-0.39, 0.29) is 12.3 Å². The normalized spacial score (nSPS) is 11.2. The Morgan fingerprint density at radius 3 is 2.50 bits per heavy atom. The molecule has 0 aliphatic heterocycles. The van der Waals surface area contributed by atoms with Crippen LogP contribution in [0.2, 0.25) is 10.0 Å². The van der Waals surface area contributed by atoms with Gasteiger partial charge in [-0.15, -0.1) is 0 Å². The van der Waals surface area contributed by atoms with Gasteiger partial charge in [0.05, 0.1) is 16.3 Å². The number of aromatic nitrogens is 1. The smallest absolute Gasteiger partial charge is 0.249 e. The molecule has 0 fully saturated rings. The Hall–Kier alpha value is -2.31. The van der Waals surface area contributed by atoms with Gasteiger partial charge in [0.1, 0.15) is 6.42 Å². The number of carbonyl (C=O) groups is 2. The summed E-state index contributed by atoms with van der Waals surface area (Å²) >= 11 is 12.1. The van der Waals surface area contributed by atoms with E-state index < -0.39 is 5.91 Å². The summed E-state index contributed by atoms with van der Waals surface area (Å²) < 4.78 is 2.02. The second-order valence-electron chi connectivity index (χ2n) is 6.93. The van der Waals surface area contributed by atoms with E-state index in [1.807, 2.05) is 44.4 Å². The van der Waals surface area contributed by atoms with Crippen LogP contribution in [0, 0.1) is 19.8 Å². The van der Waals surface area contributed by atoms with Gasteiger partial charge >= 0.3 is 0 Å². The van der Waals surface area contributed by atoms with Gasteiger partial charge in [0.25, 0.3) is 0 Å². The van der Waals surface area contributed by atoms with Crippen LogP contribution in [0.1, 0.15) is 37.2 Å². The summed E-state index contributed by atoms with van der Waals surface area (Å²) in [5, 5.41) is 7.63. The molecule has 2 N–H and O–H groups in total. The average molecular weight is 423 g/mol. The fourth-order valence-electron chi connectivity index (χ4n) is 2.68. The summed E-state index contributed by atoms with van der Waals surface area (Å²) in [4.78, 5) is 23.5. The Bertz CT molecular complexity index is 904. The van der Waals surface area contributed by atoms with Gasteiger partial charge in [-0.05, 0) is 44.0 Å². The van der Waals surface area contributed by atoms with Crippen molar-refractivity contribution in [2.75, 3.05) is 6.54 Å². The predicted octanol–water partition coefficient (Wildman–Crippen LogP) is 4.01. The first-order valence-electron chi connectivity index (χ1n) is 8.92. The van der Waals surface area contributed by atoms with Crippen molar-refractivity contribution < 1.29 is 9.59 Å². The Morgan fingerprint density at radius 1 is 1.14 bits per heavy atom. The molecule has 1 aromatic heterocycles. The number of rotatable bonds is 7. The van der Waals surface area contributed by atoms with E-state index in [2.05, 4.69) is 15.8 Å². The SMILES string of the molecule is Cc1cc(/C=N/NC(=O)CC(=O)NCC(C)C)c(C)n1-c1ccc(Cl)c(Cl)c1. The number of hydrazone groups is 1. The molecule has 1 heterocycles. The average Bonchev–Trinajstić information content (AvgIpc) is 2.89. The fraction of sp³-hybridized carbons (Fsp3) is 0.350. The number of halogens is 2. The van der Waals surface area contributed by atoms with Crippen molar-refractivity contribution in [3.05, 3.63) is 51.3 Å². The highest BCUT2D eigenvalue weighted by molar-refractivity contribution is 6.42. The van der Waals surface area contributed by atoms with Crippen molar-refractivity contribution in [3.63, 3.8) is 0 Å². The van der Waals surface area contributed by atoms with E-state index in [4.69, 9.17) is 23.2 Å². The van der Waals surface area contributed by atoms with Crippen LogP contribution in [-0.2, 0) is 9.59 Å². The van der Waals surface area contributed by atoms with E-state index in [9.17, 15) is 9.59 Å². The van der Waals surface area contributed by atoms with E-state index in [1.54, 1.807) is 18.3 Å². The molecule has 28 heavy (non-hydrogen) atoms. The molecule has 2 amide bonds. The molecule has 150 valence electrons. The van der Waals surface area contributed by atoms with Crippen LogP contribution in [0.5, 0.6) is 0 Å². The zero-order valence-electron chi connectivity index (χ0n) is 16.3. The minimum Gasteiger partial charge on any atom is -0.355 e. The monoisotopic (exact) mass is 422 g/mol. The molecule has 2 rings (SSSR count). The first-order valence-corrected chi connectivity index (χ1v) is 9.67. The lowest BCUT2D eigenvalue weighted by Crippen LogP contribution is -2.32. The first-order chi connectivity index (χ1) is 13.2. The molecule has 2 aromatic rings. The summed E-state index contributed by atoms with van der Waals surface area (Å²) in [6.45, 7) is 8.41. The Kier molecular flexibility index (Phi) is 7.66. The van der Waals surface area contributed by atoms with Crippen molar-refractivity contribution in [3.8, 4) is 5.69 Å². The number of amides is 2. The molecule has 0 bridgehead atoms. The number of benzene rings is 1. The maximum absolute atomic E-state index is 11.8. The van der Waals surface area contributed by atoms with Crippen molar-refractivity contribution in [1.29, 1.82) is 0 Å². The van der Waals surface area contributed by atoms with Gasteiger partial charge in [-0.2, -0.15) is 5.10 Å². The van der Waals surface area contributed by atoms with Crippen LogP contribution in [0.4, 0.5) is 0 Å². The highest BCUT2D eigenvalue weighted by Crippen LogP contribution is 2.27. The number of hydrogen-bond acceptors (Lipinski definition) is 3. The third-order valence-electron chi connectivity index (χ3n) is 4.05. The molecule has 1 aromatic carbocycles. The van der Waals surface area contributed by atoms with Crippen LogP contribution in [0.15, 0.2) is 29.4 Å². The molecule has 0 atom stereocenters. The van der Waals surface area contributed by atoms with Gasteiger partial charge in [0, 0.05) is 29.2 Å². The molecule has 0 unspecified atom stereocenters. The molecule has 8 heteroatoms. The van der Waals surface area contributed by atoms with Gasteiger partial charge in [-0.3, -0.25) is 9.59 Å². The number of nitrogens with one attached hydrogen (secondary N) is 2. The number of aryl methyl sites for hydroxylation is 1. The summed E-state index contributed by atoms with van der Waals surface area (Å²) in [6, 6.07) is 7.37. The zero-order chi connectivity index (χ0) is 20.8. The lowest BCUT2D eigenvalue weighted by Gasteiger charge is -2.10. The predicted molar refractivity (Wildman–Crippen MR) is 113 cm³/mol. The van der Waals surface area contributed by atoms with Crippen LogP contribution in [-0.4, -0.2) is 29.1 Å². The topological polar surface area (TPSA) is 75.5 Å². The third-order valence-corrected chi connectivity index (χ3v) is 4.79. The molecule has 0 spiro atoms. The molecule has 0 saturated carbocycles. The van der Waals surface area contributed by atoms with Crippen molar-refractivity contribution in [1.82, 2.24) is 15.3 Å². The first kappa shape index (κ1) is 22.0. The Balaban J connectivity index is 2.04.